The molecule has 0 aliphatic rings. The molecule has 1 amide bonds. The van der Waals surface area contributed by atoms with Crippen LogP contribution < -0.4 is 5.32 Å². The summed E-state index contributed by atoms with van der Waals surface area (Å²) in [4.78, 5) is 36.1. The number of anilines is 1. The molecule has 0 radical (unpaired) electrons. The number of carbonyl (C=O) groups excluding carboxylic acids is 3. The van der Waals surface area contributed by atoms with Gasteiger partial charge in [-0.15, -0.1) is 0 Å². The second-order valence-electron chi connectivity index (χ2n) is 6.33. The Morgan fingerprint density at radius 1 is 1.00 bits per heavy atom. The van der Waals surface area contributed by atoms with E-state index in [-0.39, 0.29) is 16.9 Å². The summed E-state index contributed by atoms with van der Waals surface area (Å²) in [6.07, 6.45) is 0. The monoisotopic (exact) mass is 393 g/mol. The van der Waals surface area contributed by atoms with E-state index in [4.69, 9.17) is 4.74 Å². The van der Waals surface area contributed by atoms with Crippen molar-refractivity contribution in [1.82, 2.24) is 0 Å². The highest BCUT2D eigenvalue weighted by Crippen LogP contribution is 2.29. The Hall–Kier alpha value is -3.87. The SMILES string of the molecule is COC(=O)c1ccc(C)c(NC(=O)COC(=O)c2ccc3ccccc3c2O)c1. The number of methoxy groups -OCH3 is 1. The number of hydrogen-bond donors (Lipinski definition) is 2. The van der Waals surface area contributed by atoms with Crippen molar-refractivity contribution >= 4 is 34.3 Å². The molecule has 3 aromatic rings. The molecular formula is C22H19NO6. The zero-order valence-electron chi connectivity index (χ0n) is 15.9. The van der Waals surface area contributed by atoms with Gasteiger partial charge in [0, 0.05) is 11.1 Å². The number of amides is 1. The molecule has 7 heteroatoms. The van der Waals surface area contributed by atoms with Gasteiger partial charge in [0.2, 0.25) is 0 Å². The summed E-state index contributed by atoms with van der Waals surface area (Å²) in [7, 11) is 1.27. The minimum atomic E-state index is -0.816. The standard InChI is InChI=1S/C22H19NO6/c1-13-7-8-15(21(26)28-2)11-18(13)23-19(24)12-29-22(27)17-10-9-14-5-3-4-6-16(14)20(17)25/h3-11,25H,12H2,1-2H3,(H,23,24). The average molecular weight is 393 g/mol. The van der Waals surface area contributed by atoms with Crippen molar-refractivity contribution in [3.63, 3.8) is 0 Å². The van der Waals surface area contributed by atoms with Crippen molar-refractivity contribution in [1.29, 1.82) is 0 Å². The molecule has 3 aromatic carbocycles. The molecule has 0 bridgehead atoms. The fourth-order valence-corrected chi connectivity index (χ4v) is 2.82. The normalized spacial score (nSPS) is 10.4. The molecule has 0 spiro atoms. The largest absolute Gasteiger partial charge is 0.506 e. The average Bonchev–Trinajstić information content (AvgIpc) is 2.73. The third-order valence-corrected chi connectivity index (χ3v) is 4.39. The van der Waals surface area contributed by atoms with Gasteiger partial charge in [0.05, 0.1) is 12.7 Å². The molecule has 0 saturated carbocycles. The highest BCUT2D eigenvalue weighted by atomic mass is 16.5. The Kier molecular flexibility index (Phi) is 5.78. The Labute approximate surface area is 166 Å². The number of nitrogens with one attached hydrogen (secondary N) is 1. The van der Waals surface area contributed by atoms with Gasteiger partial charge in [-0.2, -0.15) is 0 Å². The minimum absolute atomic E-state index is 0.0274. The summed E-state index contributed by atoms with van der Waals surface area (Å²) in [5.41, 5.74) is 1.39. The quantitative estimate of drug-likeness (QED) is 0.644. The van der Waals surface area contributed by atoms with Crippen molar-refractivity contribution < 1.29 is 29.0 Å². The molecule has 7 nitrogen and oxygen atoms in total. The van der Waals surface area contributed by atoms with Crippen LogP contribution in [0.5, 0.6) is 5.75 Å². The molecule has 0 saturated heterocycles. The molecule has 29 heavy (non-hydrogen) atoms. The van der Waals surface area contributed by atoms with Crippen molar-refractivity contribution in [2.24, 2.45) is 0 Å². The van der Waals surface area contributed by atoms with Crippen LogP contribution in [-0.4, -0.2) is 36.7 Å². The molecule has 0 aromatic heterocycles. The Balaban J connectivity index is 1.68. The molecule has 3 rings (SSSR count). The van der Waals surface area contributed by atoms with E-state index in [1.165, 1.54) is 19.2 Å². The van der Waals surface area contributed by atoms with E-state index in [2.05, 4.69) is 10.1 Å². The summed E-state index contributed by atoms with van der Waals surface area (Å²) < 4.78 is 9.69. The first-order valence-corrected chi connectivity index (χ1v) is 8.77. The molecular weight excluding hydrogens is 374 g/mol. The fourth-order valence-electron chi connectivity index (χ4n) is 2.82. The first kappa shape index (κ1) is 19.9. The maximum absolute atomic E-state index is 12.3. The summed E-state index contributed by atoms with van der Waals surface area (Å²) >= 11 is 0. The highest BCUT2D eigenvalue weighted by Gasteiger charge is 2.17. The number of phenols is 1. The zero-order chi connectivity index (χ0) is 21.0. The van der Waals surface area contributed by atoms with Crippen molar-refractivity contribution in [3.8, 4) is 5.75 Å². The van der Waals surface area contributed by atoms with Crippen LogP contribution in [0.2, 0.25) is 0 Å². The zero-order valence-corrected chi connectivity index (χ0v) is 15.9. The van der Waals surface area contributed by atoms with E-state index in [1.54, 1.807) is 37.3 Å². The lowest BCUT2D eigenvalue weighted by atomic mass is 10.1. The van der Waals surface area contributed by atoms with E-state index in [0.717, 1.165) is 10.9 Å². The van der Waals surface area contributed by atoms with Crippen LogP contribution in [0, 0.1) is 6.92 Å². The third kappa shape index (κ3) is 4.35. The van der Waals surface area contributed by atoms with Crippen molar-refractivity contribution in [2.75, 3.05) is 19.0 Å². The number of rotatable bonds is 5. The molecule has 0 aliphatic carbocycles. The first-order chi connectivity index (χ1) is 13.9. The minimum Gasteiger partial charge on any atom is -0.506 e. The molecule has 0 heterocycles. The van der Waals surface area contributed by atoms with Gasteiger partial charge < -0.3 is 19.9 Å². The van der Waals surface area contributed by atoms with E-state index < -0.39 is 24.5 Å². The predicted octanol–water partition coefficient (Wildman–Crippen LogP) is 3.44. The number of benzene rings is 3. The van der Waals surface area contributed by atoms with Crippen LogP contribution in [0.25, 0.3) is 10.8 Å². The van der Waals surface area contributed by atoms with Crippen molar-refractivity contribution in [3.05, 3.63) is 71.3 Å². The van der Waals surface area contributed by atoms with Crippen LogP contribution >= 0.6 is 0 Å². The number of fused-ring (bicyclic) bond motifs is 1. The molecule has 0 fully saturated rings. The van der Waals surface area contributed by atoms with Crippen LogP contribution in [0.3, 0.4) is 0 Å². The molecule has 148 valence electrons. The maximum Gasteiger partial charge on any atom is 0.342 e. The third-order valence-electron chi connectivity index (χ3n) is 4.39. The number of aromatic hydroxyl groups is 1. The smallest absolute Gasteiger partial charge is 0.342 e. The van der Waals surface area contributed by atoms with Gasteiger partial charge in [-0.25, -0.2) is 9.59 Å². The number of carbonyl (C=O) groups is 3. The van der Waals surface area contributed by atoms with E-state index in [9.17, 15) is 19.5 Å². The van der Waals surface area contributed by atoms with Gasteiger partial charge in [-0.05, 0) is 36.1 Å². The number of esters is 2. The van der Waals surface area contributed by atoms with Gasteiger partial charge >= 0.3 is 11.9 Å². The van der Waals surface area contributed by atoms with Gasteiger partial charge in [0.25, 0.3) is 5.91 Å². The molecule has 0 unspecified atom stereocenters. The van der Waals surface area contributed by atoms with Gasteiger partial charge in [-0.1, -0.05) is 36.4 Å². The summed E-state index contributed by atoms with van der Waals surface area (Å²) in [6, 6.07) is 14.9. The lowest BCUT2D eigenvalue weighted by molar-refractivity contribution is -0.119. The van der Waals surface area contributed by atoms with Crippen LogP contribution in [0.4, 0.5) is 5.69 Å². The van der Waals surface area contributed by atoms with Crippen LogP contribution in [0.15, 0.2) is 54.6 Å². The lowest BCUT2D eigenvalue weighted by Gasteiger charge is -2.11. The number of ether oxygens (including phenoxy) is 2. The topological polar surface area (TPSA) is 102 Å². The number of phenolic OH excluding ortho intramolecular Hbond substituents is 1. The number of aryl methyl sites for hydroxylation is 1. The van der Waals surface area contributed by atoms with Gasteiger partial charge in [0.15, 0.2) is 6.61 Å². The van der Waals surface area contributed by atoms with Crippen LogP contribution in [-0.2, 0) is 14.3 Å². The van der Waals surface area contributed by atoms with E-state index in [0.29, 0.717) is 11.1 Å². The Bertz CT molecular complexity index is 1110. The Morgan fingerprint density at radius 2 is 1.76 bits per heavy atom. The maximum atomic E-state index is 12.3. The summed E-state index contributed by atoms with van der Waals surface area (Å²) in [5, 5.41) is 14.2. The predicted molar refractivity (Wildman–Crippen MR) is 107 cm³/mol. The van der Waals surface area contributed by atoms with E-state index in [1.807, 2.05) is 12.1 Å². The highest BCUT2D eigenvalue weighted by molar-refractivity contribution is 6.02. The van der Waals surface area contributed by atoms with E-state index >= 15 is 0 Å². The first-order valence-electron chi connectivity index (χ1n) is 8.77. The van der Waals surface area contributed by atoms with Crippen LogP contribution in [0.1, 0.15) is 26.3 Å². The summed E-state index contributed by atoms with van der Waals surface area (Å²) in [5.74, 6) is -2.12. The molecule has 0 atom stereocenters. The molecule has 2 N–H and O–H groups in total. The van der Waals surface area contributed by atoms with Gasteiger partial charge in [-0.3, -0.25) is 4.79 Å². The van der Waals surface area contributed by atoms with Gasteiger partial charge in [0.1, 0.15) is 11.3 Å². The fraction of sp³-hybridized carbons (Fsp3) is 0.136. The van der Waals surface area contributed by atoms with Crippen molar-refractivity contribution in [2.45, 2.75) is 6.92 Å². The Morgan fingerprint density at radius 3 is 2.52 bits per heavy atom. The second kappa shape index (κ2) is 8.43. The molecule has 0 aliphatic heterocycles. The second-order valence-corrected chi connectivity index (χ2v) is 6.33. The number of hydrogen-bond acceptors (Lipinski definition) is 6. The summed E-state index contributed by atoms with van der Waals surface area (Å²) in [6.45, 7) is 1.21. The lowest BCUT2D eigenvalue weighted by Crippen LogP contribution is -2.21.